The van der Waals surface area contributed by atoms with E-state index in [2.05, 4.69) is 6.58 Å². The number of allylic oxidation sites excluding steroid dienone is 1. The molecule has 0 saturated heterocycles. The zero-order chi connectivity index (χ0) is 13.8. The van der Waals surface area contributed by atoms with Crippen molar-refractivity contribution in [3.05, 3.63) is 35.9 Å². The van der Waals surface area contributed by atoms with Crippen molar-refractivity contribution in [1.82, 2.24) is 4.31 Å². The van der Waals surface area contributed by atoms with Gasteiger partial charge in [0.1, 0.15) is 4.90 Å². The van der Waals surface area contributed by atoms with Crippen LogP contribution in [-0.4, -0.2) is 26.3 Å². The Morgan fingerprint density at radius 2 is 2.17 bits per heavy atom. The Hall–Kier alpha value is -1.04. The molecule has 100 valence electrons. The Morgan fingerprint density at radius 1 is 1.50 bits per heavy atom. The number of hydrogen-bond acceptors (Lipinski definition) is 3. The van der Waals surface area contributed by atoms with Gasteiger partial charge in [-0.2, -0.15) is 0 Å². The third-order valence-electron chi connectivity index (χ3n) is 2.55. The molecule has 0 spiro atoms. The lowest BCUT2D eigenvalue weighted by molar-refractivity contribution is 0.463. The van der Waals surface area contributed by atoms with Crippen LogP contribution < -0.4 is 5.73 Å². The van der Waals surface area contributed by atoms with Gasteiger partial charge in [-0.15, -0.1) is 6.58 Å². The van der Waals surface area contributed by atoms with E-state index < -0.39 is 10.0 Å². The molecule has 0 unspecified atom stereocenters. The third kappa shape index (κ3) is 3.25. The van der Waals surface area contributed by atoms with Gasteiger partial charge in [-0.05, 0) is 25.0 Å². The summed E-state index contributed by atoms with van der Waals surface area (Å²) < 4.78 is 25.9. The molecule has 1 rings (SSSR count). The SMILES string of the molecule is C=CCCCN(C)S(=O)(=O)c1c(N)cccc1Cl. The quantitative estimate of drug-likeness (QED) is 0.497. The zero-order valence-electron chi connectivity index (χ0n) is 10.3. The van der Waals surface area contributed by atoms with Crippen LogP contribution >= 0.6 is 11.6 Å². The Labute approximate surface area is 113 Å². The largest absolute Gasteiger partial charge is 0.398 e. The van der Waals surface area contributed by atoms with Gasteiger partial charge in [-0.25, -0.2) is 12.7 Å². The molecule has 0 heterocycles. The number of nitrogens with zero attached hydrogens (tertiary/aromatic N) is 1. The van der Waals surface area contributed by atoms with Crippen LogP contribution in [0.4, 0.5) is 5.69 Å². The van der Waals surface area contributed by atoms with Crippen LogP contribution in [-0.2, 0) is 10.0 Å². The number of hydrogen-bond donors (Lipinski definition) is 1. The fourth-order valence-corrected chi connectivity index (χ4v) is 3.37. The molecule has 0 fully saturated rings. The van der Waals surface area contributed by atoms with Gasteiger partial charge >= 0.3 is 0 Å². The molecule has 0 aliphatic heterocycles. The van der Waals surface area contributed by atoms with Crippen LogP contribution in [0.5, 0.6) is 0 Å². The lowest BCUT2D eigenvalue weighted by Crippen LogP contribution is -2.28. The summed E-state index contributed by atoms with van der Waals surface area (Å²) in [6.45, 7) is 4.00. The van der Waals surface area contributed by atoms with Gasteiger partial charge in [0.05, 0.1) is 10.7 Å². The van der Waals surface area contributed by atoms with Crippen molar-refractivity contribution in [3.63, 3.8) is 0 Å². The van der Waals surface area contributed by atoms with E-state index in [-0.39, 0.29) is 15.6 Å². The van der Waals surface area contributed by atoms with Crippen LogP contribution in [0.2, 0.25) is 5.02 Å². The minimum Gasteiger partial charge on any atom is -0.398 e. The summed E-state index contributed by atoms with van der Waals surface area (Å²) in [6, 6.07) is 4.66. The summed E-state index contributed by atoms with van der Waals surface area (Å²) in [6.07, 6.45) is 3.23. The van der Waals surface area contributed by atoms with E-state index in [1.54, 1.807) is 12.1 Å². The Balaban J connectivity index is 3.02. The first-order valence-electron chi connectivity index (χ1n) is 5.52. The average molecular weight is 289 g/mol. The Morgan fingerprint density at radius 3 is 2.72 bits per heavy atom. The Bertz CT molecular complexity index is 509. The summed E-state index contributed by atoms with van der Waals surface area (Å²) in [5, 5.41) is 0.144. The molecule has 0 saturated carbocycles. The minimum absolute atomic E-state index is 0.0206. The van der Waals surface area contributed by atoms with Gasteiger partial charge < -0.3 is 5.73 Å². The standard InChI is InChI=1S/C12H17ClN2O2S/c1-3-4-5-9-15(2)18(16,17)12-10(13)7-6-8-11(12)14/h3,6-8H,1,4-5,9,14H2,2H3. The predicted molar refractivity (Wildman–Crippen MR) is 75.1 cm³/mol. The fraction of sp³-hybridized carbons (Fsp3) is 0.333. The number of benzene rings is 1. The lowest BCUT2D eigenvalue weighted by Gasteiger charge is -2.18. The highest BCUT2D eigenvalue weighted by atomic mass is 35.5. The maximum Gasteiger partial charge on any atom is 0.246 e. The molecule has 0 radical (unpaired) electrons. The Kier molecular flexibility index (Phi) is 5.19. The monoisotopic (exact) mass is 288 g/mol. The topological polar surface area (TPSA) is 63.4 Å². The van der Waals surface area contributed by atoms with Gasteiger partial charge in [0, 0.05) is 13.6 Å². The molecule has 1 aromatic carbocycles. The smallest absolute Gasteiger partial charge is 0.246 e. The molecule has 6 heteroatoms. The van der Waals surface area contributed by atoms with Crippen molar-refractivity contribution in [2.45, 2.75) is 17.7 Å². The van der Waals surface area contributed by atoms with Crippen molar-refractivity contribution in [2.24, 2.45) is 0 Å². The minimum atomic E-state index is -3.64. The first kappa shape index (κ1) is 15.0. The molecule has 4 nitrogen and oxygen atoms in total. The molecule has 0 aliphatic carbocycles. The van der Waals surface area contributed by atoms with Crippen LogP contribution in [0.25, 0.3) is 0 Å². The highest BCUT2D eigenvalue weighted by molar-refractivity contribution is 7.89. The summed E-state index contributed by atoms with van der Waals surface area (Å²) in [5.74, 6) is 0. The second-order valence-electron chi connectivity index (χ2n) is 3.92. The first-order valence-corrected chi connectivity index (χ1v) is 7.34. The van der Waals surface area contributed by atoms with E-state index in [4.69, 9.17) is 17.3 Å². The maximum atomic E-state index is 12.3. The summed E-state index contributed by atoms with van der Waals surface area (Å²) in [7, 11) is -2.12. The van der Waals surface area contributed by atoms with Crippen LogP contribution in [0.3, 0.4) is 0 Å². The van der Waals surface area contributed by atoms with Crippen molar-refractivity contribution in [2.75, 3.05) is 19.3 Å². The first-order chi connectivity index (χ1) is 8.41. The number of halogens is 1. The average Bonchev–Trinajstić information content (AvgIpc) is 2.28. The molecule has 0 aromatic heterocycles. The molecule has 0 bridgehead atoms. The molecular formula is C12H17ClN2O2S. The van der Waals surface area contributed by atoms with E-state index in [1.165, 1.54) is 23.5 Å². The number of unbranched alkanes of at least 4 members (excludes halogenated alkanes) is 1. The summed E-state index contributed by atoms with van der Waals surface area (Å²) in [5.41, 5.74) is 5.86. The van der Waals surface area contributed by atoms with Gasteiger partial charge in [0.25, 0.3) is 0 Å². The van der Waals surface area contributed by atoms with Crippen LogP contribution in [0.1, 0.15) is 12.8 Å². The highest BCUT2D eigenvalue weighted by Gasteiger charge is 2.25. The number of anilines is 1. The van der Waals surface area contributed by atoms with Gasteiger partial charge in [-0.1, -0.05) is 23.7 Å². The molecule has 0 amide bonds. The molecule has 2 N–H and O–H groups in total. The normalized spacial score (nSPS) is 11.7. The molecule has 0 aliphatic rings. The molecular weight excluding hydrogens is 272 g/mol. The lowest BCUT2D eigenvalue weighted by atomic mass is 10.3. The van der Waals surface area contributed by atoms with Crippen molar-refractivity contribution in [1.29, 1.82) is 0 Å². The van der Waals surface area contributed by atoms with E-state index in [0.29, 0.717) is 13.0 Å². The molecule has 18 heavy (non-hydrogen) atoms. The second kappa shape index (κ2) is 6.22. The van der Waals surface area contributed by atoms with Crippen LogP contribution in [0, 0.1) is 0 Å². The van der Waals surface area contributed by atoms with Crippen molar-refractivity contribution < 1.29 is 8.42 Å². The second-order valence-corrected chi connectivity index (χ2v) is 6.30. The van der Waals surface area contributed by atoms with Gasteiger partial charge in [0.15, 0.2) is 0 Å². The maximum absolute atomic E-state index is 12.3. The zero-order valence-corrected chi connectivity index (χ0v) is 11.8. The van der Waals surface area contributed by atoms with E-state index >= 15 is 0 Å². The predicted octanol–water partition coefficient (Wildman–Crippen LogP) is 2.51. The van der Waals surface area contributed by atoms with Crippen molar-refractivity contribution >= 4 is 27.3 Å². The number of sulfonamides is 1. The van der Waals surface area contributed by atoms with Crippen LogP contribution in [0.15, 0.2) is 35.7 Å². The molecule has 0 atom stereocenters. The van der Waals surface area contributed by atoms with Gasteiger partial charge in [-0.3, -0.25) is 0 Å². The number of rotatable bonds is 6. The fourth-order valence-electron chi connectivity index (χ4n) is 1.53. The van der Waals surface area contributed by atoms with E-state index in [1.807, 2.05) is 0 Å². The summed E-state index contributed by atoms with van der Waals surface area (Å²) in [4.78, 5) is -0.0206. The van der Waals surface area contributed by atoms with E-state index in [0.717, 1.165) is 6.42 Å². The number of nitrogens with two attached hydrogens (primary N) is 1. The summed E-state index contributed by atoms with van der Waals surface area (Å²) >= 11 is 5.92. The highest BCUT2D eigenvalue weighted by Crippen LogP contribution is 2.29. The molecule has 1 aromatic rings. The van der Waals surface area contributed by atoms with Crippen molar-refractivity contribution in [3.8, 4) is 0 Å². The number of nitrogen functional groups attached to an aromatic ring is 1. The third-order valence-corrected chi connectivity index (χ3v) is 4.95. The van der Waals surface area contributed by atoms with E-state index in [9.17, 15) is 8.42 Å². The van der Waals surface area contributed by atoms with Gasteiger partial charge in [0.2, 0.25) is 10.0 Å².